The Hall–Kier alpha value is -1.92. The standard InChI is InChI=1S/C11H13N3O3/c12-11(17)10-8(5-7(16)6-15)13-14-4-2-1-3-9(10)14/h1-4,7,15-16H,5-6H2,(H2,12,17)/t7-/m1/s1. The van der Waals surface area contributed by atoms with E-state index in [2.05, 4.69) is 5.10 Å². The molecule has 1 amide bonds. The lowest BCUT2D eigenvalue weighted by Crippen LogP contribution is -2.19. The Kier molecular flexibility index (Phi) is 3.08. The van der Waals surface area contributed by atoms with Crippen LogP contribution in [0.2, 0.25) is 0 Å². The summed E-state index contributed by atoms with van der Waals surface area (Å²) in [7, 11) is 0. The summed E-state index contributed by atoms with van der Waals surface area (Å²) in [6, 6.07) is 5.27. The van der Waals surface area contributed by atoms with Crippen LogP contribution in [0.3, 0.4) is 0 Å². The van der Waals surface area contributed by atoms with Gasteiger partial charge in [-0.15, -0.1) is 0 Å². The van der Waals surface area contributed by atoms with Crippen molar-refractivity contribution in [3.8, 4) is 0 Å². The van der Waals surface area contributed by atoms with Gasteiger partial charge < -0.3 is 15.9 Å². The molecule has 0 spiro atoms. The van der Waals surface area contributed by atoms with Crippen LogP contribution in [0.5, 0.6) is 0 Å². The molecule has 0 bridgehead atoms. The van der Waals surface area contributed by atoms with Crippen LogP contribution in [0, 0.1) is 0 Å². The third-order valence-corrected chi connectivity index (χ3v) is 2.50. The van der Waals surface area contributed by atoms with Gasteiger partial charge in [0.05, 0.1) is 29.5 Å². The number of rotatable bonds is 4. The molecule has 0 radical (unpaired) electrons. The van der Waals surface area contributed by atoms with Crippen LogP contribution in [-0.4, -0.2) is 38.4 Å². The lowest BCUT2D eigenvalue weighted by atomic mass is 10.1. The van der Waals surface area contributed by atoms with Crippen molar-refractivity contribution in [1.29, 1.82) is 0 Å². The highest BCUT2D eigenvalue weighted by molar-refractivity contribution is 6.00. The molecule has 0 aromatic carbocycles. The molecular weight excluding hydrogens is 222 g/mol. The second-order valence-electron chi connectivity index (χ2n) is 3.76. The Morgan fingerprint density at radius 1 is 1.53 bits per heavy atom. The number of hydrogen-bond donors (Lipinski definition) is 3. The number of fused-ring (bicyclic) bond motifs is 1. The number of carbonyl (C=O) groups is 1. The summed E-state index contributed by atoms with van der Waals surface area (Å²) in [5.41, 5.74) is 6.59. The molecule has 2 aromatic heterocycles. The van der Waals surface area contributed by atoms with E-state index >= 15 is 0 Å². The normalized spacial score (nSPS) is 12.8. The molecule has 0 aliphatic carbocycles. The van der Waals surface area contributed by atoms with Crippen molar-refractivity contribution >= 4 is 11.4 Å². The molecule has 2 aromatic rings. The molecule has 4 N–H and O–H groups in total. The lowest BCUT2D eigenvalue weighted by molar-refractivity contribution is 0.0934. The number of amides is 1. The maximum absolute atomic E-state index is 11.4. The SMILES string of the molecule is NC(=O)c1c(C[C@@H](O)CO)nn2ccccc12. The van der Waals surface area contributed by atoms with E-state index in [9.17, 15) is 9.90 Å². The van der Waals surface area contributed by atoms with E-state index in [1.54, 1.807) is 24.4 Å². The van der Waals surface area contributed by atoms with Crippen molar-refractivity contribution in [2.75, 3.05) is 6.61 Å². The number of aliphatic hydroxyl groups is 2. The highest BCUT2D eigenvalue weighted by Gasteiger charge is 2.19. The largest absolute Gasteiger partial charge is 0.394 e. The first-order chi connectivity index (χ1) is 8.13. The Morgan fingerprint density at radius 2 is 2.29 bits per heavy atom. The molecule has 0 fully saturated rings. The first-order valence-electron chi connectivity index (χ1n) is 5.18. The molecule has 1 atom stereocenters. The second-order valence-corrected chi connectivity index (χ2v) is 3.76. The number of nitrogens with zero attached hydrogens (tertiary/aromatic N) is 2. The van der Waals surface area contributed by atoms with Gasteiger partial charge in [-0.1, -0.05) is 6.07 Å². The van der Waals surface area contributed by atoms with Crippen molar-refractivity contribution in [2.45, 2.75) is 12.5 Å². The predicted molar refractivity (Wildman–Crippen MR) is 60.5 cm³/mol. The van der Waals surface area contributed by atoms with Gasteiger partial charge in [0.2, 0.25) is 0 Å². The molecule has 0 saturated carbocycles. The number of aliphatic hydroxyl groups excluding tert-OH is 2. The zero-order chi connectivity index (χ0) is 12.4. The summed E-state index contributed by atoms with van der Waals surface area (Å²) >= 11 is 0. The Balaban J connectivity index is 2.54. The van der Waals surface area contributed by atoms with E-state index in [1.165, 1.54) is 4.52 Å². The van der Waals surface area contributed by atoms with Gasteiger partial charge in [-0.2, -0.15) is 5.10 Å². The molecule has 6 nitrogen and oxygen atoms in total. The van der Waals surface area contributed by atoms with E-state index in [0.717, 1.165) is 0 Å². The highest BCUT2D eigenvalue weighted by atomic mass is 16.3. The first-order valence-corrected chi connectivity index (χ1v) is 5.18. The third kappa shape index (κ3) is 2.13. The van der Waals surface area contributed by atoms with Gasteiger partial charge in [0.15, 0.2) is 0 Å². The van der Waals surface area contributed by atoms with Gasteiger partial charge >= 0.3 is 0 Å². The molecule has 0 aliphatic rings. The van der Waals surface area contributed by atoms with Gasteiger partial charge in [0, 0.05) is 12.6 Å². The van der Waals surface area contributed by atoms with Crippen LogP contribution >= 0.6 is 0 Å². The average Bonchev–Trinajstić information content (AvgIpc) is 2.66. The molecule has 2 rings (SSSR count). The Morgan fingerprint density at radius 3 is 2.94 bits per heavy atom. The van der Waals surface area contributed by atoms with E-state index in [4.69, 9.17) is 10.8 Å². The number of aromatic nitrogens is 2. The predicted octanol–water partition coefficient (Wildman–Crippen LogP) is -0.671. The topological polar surface area (TPSA) is 101 Å². The molecule has 2 heterocycles. The smallest absolute Gasteiger partial charge is 0.252 e. The number of primary amides is 1. The Labute approximate surface area is 97.3 Å². The number of hydrogen-bond acceptors (Lipinski definition) is 4. The van der Waals surface area contributed by atoms with E-state index < -0.39 is 12.0 Å². The minimum Gasteiger partial charge on any atom is -0.394 e. The minimum absolute atomic E-state index is 0.0937. The van der Waals surface area contributed by atoms with Crippen molar-refractivity contribution < 1.29 is 15.0 Å². The van der Waals surface area contributed by atoms with Gasteiger partial charge in [0.25, 0.3) is 5.91 Å². The number of nitrogens with two attached hydrogens (primary N) is 1. The maximum atomic E-state index is 11.4. The quantitative estimate of drug-likeness (QED) is 0.654. The van der Waals surface area contributed by atoms with Crippen LogP contribution in [0.25, 0.3) is 5.52 Å². The zero-order valence-electron chi connectivity index (χ0n) is 9.08. The Bertz CT molecular complexity index is 550. The van der Waals surface area contributed by atoms with Crippen LogP contribution in [0.4, 0.5) is 0 Å². The lowest BCUT2D eigenvalue weighted by Gasteiger charge is -2.04. The summed E-state index contributed by atoms with van der Waals surface area (Å²) in [5.74, 6) is -0.591. The number of pyridine rings is 1. The molecule has 0 aliphatic heterocycles. The van der Waals surface area contributed by atoms with Gasteiger partial charge in [-0.3, -0.25) is 4.79 Å². The van der Waals surface area contributed by atoms with Gasteiger partial charge in [-0.25, -0.2) is 4.52 Å². The molecular formula is C11H13N3O3. The minimum atomic E-state index is -0.946. The van der Waals surface area contributed by atoms with Crippen molar-refractivity contribution in [3.05, 3.63) is 35.7 Å². The fourth-order valence-corrected chi connectivity index (χ4v) is 1.75. The van der Waals surface area contributed by atoms with Crippen molar-refractivity contribution in [2.24, 2.45) is 5.73 Å². The monoisotopic (exact) mass is 235 g/mol. The summed E-state index contributed by atoms with van der Waals surface area (Å²) in [5, 5.41) is 22.4. The molecule has 90 valence electrons. The van der Waals surface area contributed by atoms with Crippen LogP contribution < -0.4 is 5.73 Å². The van der Waals surface area contributed by atoms with E-state index in [0.29, 0.717) is 11.2 Å². The molecule has 6 heteroatoms. The highest BCUT2D eigenvalue weighted by Crippen LogP contribution is 2.16. The van der Waals surface area contributed by atoms with Crippen LogP contribution in [-0.2, 0) is 6.42 Å². The first kappa shape index (κ1) is 11.6. The summed E-state index contributed by atoms with van der Waals surface area (Å²) < 4.78 is 1.53. The van der Waals surface area contributed by atoms with Crippen molar-refractivity contribution in [1.82, 2.24) is 9.61 Å². The molecule has 17 heavy (non-hydrogen) atoms. The fraction of sp³-hybridized carbons (Fsp3) is 0.273. The van der Waals surface area contributed by atoms with Gasteiger partial charge in [0.1, 0.15) is 0 Å². The molecule has 0 saturated heterocycles. The third-order valence-electron chi connectivity index (χ3n) is 2.50. The van der Waals surface area contributed by atoms with E-state index in [-0.39, 0.29) is 18.6 Å². The summed E-state index contributed by atoms with van der Waals surface area (Å²) in [4.78, 5) is 11.4. The van der Waals surface area contributed by atoms with E-state index in [1.807, 2.05) is 0 Å². The van der Waals surface area contributed by atoms with Crippen LogP contribution in [0.15, 0.2) is 24.4 Å². The summed E-state index contributed by atoms with van der Waals surface area (Å²) in [6.07, 6.45) is 0.838. The zero-order valence-corrected chi connectivity index (χ0v) is 9.08. The molecule has 0 unspecified atom stereocenters. The average molecular weight is 235 g/mol. The second kappa shape index (κ2) is 4.52. The number of carbonyl (C=O) groups excluding carboxylic acids is 1. The van der Waals surface area contributed by atoms with Crippen LogP contribution in [0.1, 0.15) is 16.1 Å². The maximum Gasteiger partial charge on any atom is 0.252 e. The fourth-order valence-electron chi connectivity index (χ4n) is 1.75. The van der Waals surface area contributed by atoms with Crippen molar-refractivity contribution in [3.63, 3.8) is 0 Å². The summed E-state index contributed by atoms with van der Waals surface area (Å²) in [6.45, 7) is -0.383. The van der Waals surface area contributed by atoms with Gasteiger partial charge in [-0.05, 0) is 12.1 Å².